The second-order valence-electron chi connectivity index (χ2n) is 5.25. The number of carbonyl (C=O) groups excluding carboxylic acids is 1. The summed E-state index contributed by atoms with van der Waals surface area (Å²) in [6.07, 6.45) is 3.72. The Labute approximate surface area is 156 Å². The van der Waals surface area contributed by atoms with Gasteiger partial charge in [-0.05, 0) is 0 Å². The van der Waals surface area contributed by atoms with E-state index in [0.717, 1.165) is 63.5 Å². The summed E-state index contributed by atoms with van der Waals surface area (Å²) < 4.78 is 14.7. The third-order valence-electron chi connectivity index (χ3n) is 3.62. The van der Waals surface area contributed by atoms with Gasteiger partial charge in [0.2, 0.25) is 0 Å². The molecule has 1 aliphatic rings. The maximum absolute atomic E-state index is 12.2. The van der Waals surface area contributed by atoms with Crippen LogP contribution in [0.1, 0.15) is 26.2 Å². The fourth-order valence-electron chi connectivity index (χ4n) is 2.42. The zero-order chi connectivity index (χ0) is 12.9. The van der Waals surface area contributed by atoms with E-state index in [9.17, 15) is 9.36 Å². The van der Waals surface area contributed by atoms with E-state index in [-0.39, 0.29) is 38.5 Å². The maximum atomic E-state index is 12.2. The zero-order valence-corrected chi connectivity index (χ0v) is 24.0. The normalized spacial score (nSPS) is 27.8. The van der Waals surface area contributed by atoms with Crippen molar-refractivity contribution in [3.05, 3.63) is 0 Å². The average molecular weight is 463 g/mol. The summed E-state index contributed by atoms with van der Waals surface area (Å²) in [4.78, 5) is 11.9. The molecule has 0 saturated carbocycles. The molecule has 1 saturated heterocycles. The van der Waals surface area contributed by atoms with E-state index in [2.05, 4.69) is 7.63 Å². The maximum Gasteiger partial charge on any atom is 0 e. The number of hydrogen-bond acceptors (Lipinski definition) is 4. The quantitative estimate of drug-likeness (QED) is 0.314. The molecule has 0 aromatic rings. The van der Waals surface area contributed by atoms with E-state index < -0.39 is 13.0 Å². The van der Waals surface area contributed by atoms with Crippen molar-refractivity contribution in [3.8, 4) is 0 Å². The number of unbranched alkanes of at least 4 members (excludes halogenated alkanes) is 1. The van der Waals surface area contributed by atoms with E-state index in [1.54, 1.807) is 6.92 Å². The van der Waals surface area contributed by atoms with Gasteiger partial charge in [-0.25, -0.2) is 0 Å². The average Bonchev–Trinajstić information content (AvgIpc) is 2.26. The summed E-state index contributed by atoms with van der Waals surface area (Å²) in [6.45, 7) is 4.26. The molecule has 0 amide bonds. The molecule has 18 heavy (non-hydrogen) atoms. The summed E-state index contributed by atoms with van der Waals surface area (Å²) in [5.41, 5.74) is 0. The van der Waals surface area contributed by atoms with E-state index in [0.29, 0.717) is 12.7 Å². The van der Waals surface area contributed by atoms with Crippen LogP contribution in [0.3, 0.4) is 0 Å². The SMILES string of the molecule is CC(=O)C1(CCCC[N]([GaH2])[GaH2])CNCC[PH]1=O.[Y]. The predicted octanol–water partition coefficient (Wildman–Crippen LogP) is -0.957. The Morgan fingerprint density at radius 1 is 1.44 bits per heavy atom. The zero-order valence-electron chi connectivity index (χ0n) is 11.8. The fraction of sp³-hybridized carbons (Fsp3) is 0.900. The van der Waals surface area contributed by atoms with Crippen molar-refractivity contribution in [1.29, 1.82) is 0 Å². The van der Waals surface area contributed by atoms with E-state index in [1.807, 2.05) is 0 Å². The van der Waals surface area contributed by atoms with Crippen molar-refractivity contribution < 1.29 is 42.1 Å². The van der Waals surface area contributed by atoms with Crippen molar-refractivity contribution in [2.45, 2.75) is 31.3 Å². The summed E-state index contributed by atoms with van der Waals surface area (Å²) >= 11 is 1.65. The molecule has 1 N–H and O–H groups in total. The fourth-order valence-corrected chi connectivity index (χ4v) is 5.80. The second-order valence-corrected chi connectivity index (χ2v) is 21.8. The minimum absolute atomic E-state index is 0. The molecule has 1 aliphatic heterocycles. The Balaban J connectivity index is 0.00000289. The molecule has 2 atom stereocenters. The largest absolute Gasteiger partial charge is 0 e. The van der Waals surface area contributed by atoms with Crippen LogP contribution in [0.25, 0.3) is 0 Å². The molecule has 1 heterocycles. The van der Waals surface area contributed by atoms with Crippen molar-refractivity contribution in [1.82, 2.24) is 7.63 Å². The molecule has 0 aliphatic carbocycles. The molecule has 0 bridgehead atoms. The number of nitrogens with one attached hydrogen (secondary N) is 1. The van der Waals surface area contributed by atoms with Crippen LogP contribution in [-0.4, -0.2) is 76.7 Å². The summed E-state index contributed by atoms with van der Waals surface area (Å²) in [7, 11) is -1.74. The number of Topliss-reactive ketones (excluding diaryl/α,β-unsaturated/α-hetero) is 1. The van der Waals surface area contributed by atoms with Crippen LogP contribution in [-0.2, 0) is 42.1 Å². The van der Waals surface area contributed by atoms with Gasteiger partial charge in [0.25, 0.3) is 0 Å². The Bertz CT molecular complexity index is 308. The Morgan fingerprint density at radius 3 is 2.61 bits per heavy atom. The van der Waals surface area contributed by atoms with Gasteiger partial charge >= 0.3 is 125 Å². The molecule has 2 unspecified atom stereocenters. The Hall–Kier alpha value is 2.20. The van der Waals surface area contributed by atoms with Gasteiger partial charge in [-0.3, -0.25) is 0 Å². The van der Waals surface area contributed by atoms with Crippen molar-refractivity contribution in [2.24, 2.45) is 0 Å². The predicted molar refractivity (Wildman–Crippen MR) is 77.8 cm³/mol. The van der Waals surface area contributed by atoms with Gasteiger partial charge in [0.15, 0.2) is 0 Å². The van der Waals surface area contributed by atoms with E-state index in [1.165, 1.54) is 6.54 Å². The van der Waals surface area contributed by atoms with Crippen LogP contribution in [0.2, 0.25) is 0 Å². The van der Waals surface area contributed by atoms with Crippen LogP contribution in [0.15, 0.2) is 0 Å². The van der Waals surface area contributed by atoms with E-state index in [4.69, 9.17) is 0 Å². The molecule has 1 radical (unpaired) electrons. The summed E-state index contributed by atoms with van der Waals surface area (Å²) in [5.74, 6) is 0.133. The Morgan fingerprint density at radius 2 is 2.11 bits per heavy atom. The number of hydrogen-bond donors (Lipinski definition) is 1. The Kier molecular flexibility index (Phi) is 11.2. The minimum atomic E-state index is -1.74. The number of rotatable bonds is 6. The standard InChI is InChI=1S/C10H19N2O2P.2Ga.Y.4H/c1-9(13)10(4-2-3-5-11)8-12-6-7-15(10)14;;;;;;;/h12,15H,2-8H2,1H3;;;;;;;. The van der Waals surface area contributed by atoms with E-state index >= 15 is 0 Å². The molecule has 0 aromatic heterocycles. The monoisotopic (exact) mass is 461 g/mol. The van der Waals surface area contributed by atoms with Crippen LogP contribution >= 0.6 is 7.80 Å². The van der Waals surface area contributed by atoms with Crippen molar-refractivity contribution in [3.63, 3.8) is 0 Å². The number of nitrogens with zero attached hydrogens (tertiary/aromatic N) is 1. The number of carbonyl (C=O) groups is 1. The molecule has 8 heteroatoms. The third-order valence-corrected chi connectivity index (χ3v) is 8.05. The van der Waals surface area contributed by atoms with Gasteiger partial charge in [-0.1, -0.05) is 0 Å². The smallest absolute Gasteiger partial charge is 0 e. The van der Waals surface area contributed by atoms with Crippen LogP contribution in [0.4, 0.5) is 0 Å². The number of ketones is 1. The van der Waals surface area contributed by atoms with Gasteiger partial charge in [-0.2, -0.15) is 0 Å². The topological polar surface area (TPSA) is 49.4 Å². The van der Waals surface area contributed by atoms with Crippen LogP contribution in [0.5, 0.6) is 0 Å². The molecule has 1 fully saturated rings. The van der Waals surface area contributed by atoms with Gasteiger partial charge in [-0.15, -0.1) is 0 Å². The van der Waals surface area contributed by atoms with Gasteiger partial charge < -0.3 is 0 Å². The molecule has 4 nitrogen and oxygen atoms in total. The third kappa shape index (κ3) is 5.90. The molecule has 99 valence electrons. The first kappa shape index (κ1) is 20.2. The van der Waals surface area contributed by atoms with Gasteiger partial charge in [0.1, 0.15) is 0 Å². The summed E-state index contributed by atoms with van der Waals surface area (Å²) in [6, 6.07) is 0. The molecular weight excluding hydrogens is 439 g/mol. The second kappa shape index (κ2) is 10.0. The van der Waals surface area contributed by atoms with Crippen molar-refractivity contribution >= 4 is 51.3 Å². The van der Waals surface area contributed by atoms with Crippen LogP contribution in [0, 0.1) is 0 Å². The first-order valence-corrected chi connectivity index (χ1v) is 11.8. The molecule has 1 rings (SSSR count). The molecular formula is C10H23Ga2N2O2PY. The van der Waals surface area contributed by atoms with Crippen molar-refractivity contribution in [2.75, 3.05) is 25.8 Å². The first-order valence-electron chi connectivity index (χ1n) is 6.39. The molecule has 0 aromatic carbocycles. The minimum Gasteiger partial charge on any atom is 0 e. The molecule has 0 spiro atoms. The first-order chi connectivity index (χ1) is 7.99. The summed E-state index contributed by atoms with van der Waals surface area (Å²) in [5, 5.41) is 2.73. The van der Waals surface area contributed by atoms with Gasteiger partial charge in [0.05, 0.1) is 0 Å². The van der Waals surface area contributed by atoms with Crippen LogP contribution < -0.4 is 5.32 Å². The van der Waals surface area contributed by atoms with Gasteiger partial charge in [0, 0.05) is 32.7 Å².